The second kappa shape index (κ2) is 10.8. The van der Waals surface area contributed by atoms with Crippen LogP contribution < -0.4 is 10.6 Å². The summed E-state index contributed by atoms with van der Waals surface area (Å²) in [6.45, 7) is 2.79. The lowest BCUT2D eigenvalue weighted by Crippen LogP contribution is -2.50. The van der Waals surface area contributed by atoms with Crippen molar-refractivity contribution in [1.82, 2.24) is 24.7 Å². The Hall–Kier alpha value is -3.18. The number of hydrogen-bond acceptors (Lipinski definition) is 7. The van der Waals surface area contributed by atoms with Crippen LogP contribution in [0, 0.1) is 0 Å². The molecule has 0 radical (unpaired) electrons. The predicted octanol–water partition coefficient (Wildman–Crippen LogP) is 3.09. The molecule has 0 aliphatic carbocycles. The van der Waals surface area contributed by atoms with Gasteiger partial charge in [-0.05, 0) is 36.8 Å². The topological polar surface area (TPSA) is 89.5 Å². The minimum Gasteiger partial charge on any atom is -0.435 e. The van der Waals surface area contributed by atoms with Crippen molar-refractivity contribution in [3.8, 4) is 17.1 Å². The van der Waals surface area contributed by atoms with Gasteiger partial charge in [-0.15, -0.1) is 10.2 Å². The van der Waals surface area contributed by atoms with Gasteiger partial charge in [-0.25, -0.2) is 4.68 Å². The van der Waals surface area contributed by atoms with Gasteiger partial charge in [-0.3, -0.25) is 9.69 Å². The molecule has 1 unspecified atom stereocenters. The van der Waals surface area contributed by atoms with Crippen LogP contribution in [0.25, 0.3) is 11.4 Å². The zero-order valence-electron chi connectivity index (χ0n) is 18.7. The number of carbonyl (C=O) groups excluding carboxylic acids is 1. The normalized spacial score (nSPS) is 15.5. The molecule has 1 atom stereocenters. The molecule has 4 rings (SSSR count). The first-order valence-corrected chi connectivity index (χ1v) is 11.8. The van der Waals surface area contributed by atoms with Crippen LogP contribution >= 0.6 is 11.8 Å². The van der Waals surface area contributed by atoms with Gasteiger partial charge in [0.05, 0.1) is 5.25 Å². The third kappa shape index (κ3) is 5.84. The summed E-state index contributed by atoms with van der Waals surface area (Å²) in [7, 11) is 0. The standard InChI is InChI=1S/C23H26F2N6O2S/c1-16(21(32)30-13-11-29(12-14-30)15-17-5-3-2-4-6-17)34-23-28-27-20(31(23)26)18-7-9-19(10-8-18)33-22(24)25/h2-10,16,22H,11-15,26H2,1H3. The van der Waals surface area contributed by atoms with Gasteiger partial charge < -0.3 is 15.5 Å². The molecule has 1 fully saturated rings. The summed E-state index contributed by atoms with van der Waals surface area (Å²) in [5.41, 5.74) is 1.86. The SMILES string of the molecule is CC(Sc1nnc(-c2ccc(OC(F)F)cc2)n1N)C(=O)N1CCN(Cc2ccccc2)CC1. The Kier molecular flexibility index (Phi) is 7.63. The molecular weight excluding hydrogens is 462 g/mol. The van der Waals surface area contributed by atoms with E-state index in [1.807, 2.05) is 30.0 Å². The molecule has 180 valence electrons. The summed E-state index contributed by atoms with van der Waals surface area (Å²) in [5, 5.41) is 8.22. The van der Waals surface area contributed by atoms with Gasteiger partial charge in [0.1, 0.15) is 5.75 Å². The van der Waals surface area contributed by atoms with E-state index in [9.17, 15) is 13.6 Å². The number of carbonyl (C=O) groups is 1. The highest BCUT2D eigenvalue weighted by Crippen LogP contribution is 2.27. The number of halogens is 2. The molecule has 2 heterocycles. The lowest BCUT2D eigenvalue weighted by atomic mass is 10.2. The Morgan fingerprint density at radius 1 is 1.06 bits per heavy atom. The van der Waals surface area contributed by atoms with Crippen molar-refractivity contribution >= 4 is 17.7 Å². The molecule has 8 nitrogen and oxygen atoms in total. The first-order chi connectivity index (χ1) is 16.4. The number of benzene rings is 2. The van der Waals surface area contributed by atoms with Crippen molar-refractivity contribution in [2.45, 2.75) is 30.5 Å². The number of aromatic nitrogens is 3. The van der Waals surface area contributed by atoms with Gasteiger partial charge in [0.25, 0.3) is 0 Å². The molecule has 2 aromatic carbocycles. The van der Waals surface area contributed by atoms with E-state index in [-0.39, 0.29) is 16.9 Å². The van der Waals surface area contributed by atoms with E-state index in [4.69, 9.17) is 5.84 Å². The highest BCUT2D eigenvalue weighted by Gasteiger charge is 2.27. The number of ether oxygens (including phenoxy) is 1. The number of thioether (sulfide) groups is 1. The zero-order valence-corrected chi connectivity index (χ0v) is 19.5. The molecule has 1 aliphatic heterocycles. The predicted molar refractivity (Wildman–Crippen MR) is 126 cm³/mol. The van der Waals surface area contributed by atoms with E-state index in [0.717, 1.165) is 19.6 Å². The second-order valence-electron chi connectivity index (χ2n) is 7.93. The molecule has 0 saturated carbocycles. The maximum absolute atomic E-state index is 13.0. The van der Waals surface area contributed by atoms with Crippen LogP contribution in [0.3, 0.4) is 0 Å². The lowest BCUT2D eigenvalue weighted by Gasteiger charge is -2.35. The summed E-state index contributed by atoms with van der Waals surface area (Å²) in [5.74, 6) is 6.59. The molecule has 2 N–H and O–H groups in total. The van der Waals surface area contributed by atoms with Crippen molar-refractivity contribution in [2.75, 3.05) is 32.0 Å². The van der Waals surface area contributed by atoms with Crippen LogP contribution in [0.4, 0.5) is 8.78 Å². The second-order valence-corrected chi connectivity index (χ2v) is 9.23. The van der Waals surface area contributed by atoms with Crippen LogP contribution in [0.15, 0.2) is 59.8 Å². The number of rotatable bonds is 8. The van der Waals surface area contributed by atoms with Gasteiger partial charge in [0.15, 0.2) is 5.82 Å². The number of nitrogens with zero attached hydrogens (tertiary/aromatic N) is 5. The largest absolute Gasteiger partial charge is 0.435 e. The summed E-state index contributed by atoms with van der Waals surface area (Å²) >= 11 is 1.24. The maximum atomic E-state index is 13.0. The number of alkyl halides is 2. The highest BCUT2D eigenvalue weighted by molar-refractivity contribution is 8.00. The van der Waals surface area contributed by atoms with Crippen LogP contribution in [0.2, 0.25) is 0 Å². The molecule has 0 bridgehead atoms. The lowest BCUT2D eigenvalue weighted by molar-refractivity contribution is -0.132. The Morgan fingerprint density at radius 2 is 1.74 bits per heavy atom. The summed E-state index contributed by atoms with van der Waals surface area (Å²) in [6.07, 6.45) is 0. The zero-order chi connectivity index (χ0) is 24.1. The fourth-order valence-corrected chi connectivity index (χ4v) is 4.63. The molecule has 11 heteroatoms. The Labute approximate surface area is 200 Å². The number of piperazine rings is 1. The van der Waals surface area contributed by atoms with E-state index in [1.165, 1.54) is 34.1 Å². The van der Waals surface area contributed by atoms with Gasteiger partial charge in [-0.1, -0.05) is 42.1 Å². The first-order valence-electron chi connectivity index (χ1n) is 10.9. The molecule has 3 aromatic rings. The monoisotopic (exact) mass is 488 g/mol. The molecule has 1 amide bonds. The minimum atomic E-state index is -2.89. The van der Waals surface area contributed by atoms with E-state index in [2.05, 4.69) is 32.0 Å². The van der Waals surface area contributed by atoms with Crippen molar-refractivity contribution in [3.05, 3.63) is 60.2 Å². The molecular formula is C23H26F2N6O2S. The van der Waals surface area contributed by atoms with Gasteiger partial charge >= 0.3 is 6.61 Å². The van der Waals surface area contributed by atoms with Gasteiger partial charge in [0, 0.05) is 38.3 Å². The average molecular weight is 489 g/mol. The quantitative estimate of drug-likeness (QED) is 0.385. The van der Waals surface area contributed by atoms with Crippen molar-refractivity contribution in [3.63, 3.8) is 0 Å². The van der Waals surface area contributed by atoms with Crippen LogP contribution in [-0.2, 0) is 11.3 Å². The molecule has 0 spiro atoms. The molecule has 1 aliphatic rings. The number of amides is 1. The molecule has 1 saturated heterocycles. The summed E-state index contributed by atoms with van der Waals surface area (Å²) < 4.78 is 30.3. The fourth-order valence-electron chi connectivity index (χ4n) is 3.77. The number of nitrogens with two attached hydrogens (primary N) is 1. The van der Waals surface area contributed by atoms with E-state index in [0.29, 0.717) is 29.6 Å². The van der Waals surface area contributed by atoms with E-state index in [1.54, 1.807) is 12.1 Å². The third-order valence-electron chi connectivity index (χ3n) is 5.57. The number of hydrogen-bond donors (Lipinski definition) is 1. The van der Waals surface area contributed by atoms with Crippen LogP contribution in [-0.4, -0.2) is 68.6 Å². The summed E-state index contributed by atoms with van der Waals surface area (Å²) in [4.78, 5) is 17.2. The summed E-state index contributed by atoms with van der Waals surface area (Å²) in [6, 6.07) is 16.3. The van der Waals surface area contributed by atoms with Crippen LogP contribution in [0.5, 0.6) is 5.75 Å². The van der Waals surface area contributed by atoms with Gasteiger partial charge in [0.2, 0.25) is 11.1 Å². The van der Waals surface area contributed by atoms with Crippen molar-refractivity contribution < 1.29 is 18.3 Å². The molecule has 1 aromatic heterocycles. The minimum absolute atomic E-state index is 0.0300. The van der Waals surface area contributed by atoms with E-state index < -0.39 is 6.61 Å². The Bertz CT molecular complexity index is 1090. The Morgan fingerprint density at radius 3 is 2.38 bits per heavy atom. The average Bonchev–Trinajstić information content (AvgIpc) is 3.19. The third-order valence-corrected chi connectivity index (χ3v) is 6.61. The van der Waals surface area contributed by atoms with Crippen molar-refractivity contribution in [1.29, 1.82) is 0 Å². The Balaban J connectivity index is 1.32. The maximum Gasteiger partial charge on any atom is 0.387 e. The smallest absolute Gasteiger partial charge is 0.387 e. The molecule has 34 heavy (non-hydrogen) atoms. The van der Waals surface area contributed by atoms with Gasteiger partial charge in [-0.2, -0.15) is 8.78 Å². The van der Waals surface area contributed by atoms with E-state index >= 15 is 0 Å². The first kappa shape index (κ1) is 24.0. The van der Waals surface area contributed by atoms with Crippen LogP contribution in [0.1, 0.15) is 12.5 Å². The number of nitrogen functional groups attached to an aromatic ring is 1. The van der Waals surface area contributed by atoms with Crippen molar-refractivity contribution in [2.24, 2.45) is 0 Å². The highest BCUT2D eigenvalue weighted by atomic mass is 32.2. The fraction of sp³-hybridized carbons (Fsp3) is 0.348.